The van der Waals surface area contributed by atoms with E-state index in [2.05, 4.69) is 29.1 Å². The van der Waals surface area contributed by atoms with E-state index in [0.29, 0.717) is 5.92 Å². The summed E-state index contributed by atoms with van der Waals surface area (Å²) in [5.41, 5.74) is 2.38. The monoisotopic (exact) mass is 233 g/mol. The Morgan fingerprint density at radius 1 is 1.35 bits per heavy atom. The normalized spacial score (nSPS) is 16.6. The lowest BCUT2D eigenvalue weighted by atomic mass is 10.1. The molecular formula is C14H23N3. The second-order valence-electron chi connectivity index (χ2n) is 5.00. The summed E-state index contributed by atoms with van der Waals surface area (Å²) in [7, 11) is 0. The van der Waals surface area contributed by atoms with Gasteiger partial charge in [0, 0.05) is 29.9 Å². The van der Waals surface area contributed by atoms with E-state index in [0.717, 1.165) is 24.6 Å². The van der Waals surface area contributed by atoms with Gasteiger partial charge in [0.15, 0.2) is 0 Å². The third-order valence-electron chi connectivity index (χ3n) is 3.56. The van der Waals surface area contributed by atoms with Crippen molar-refractivity contribution in [3.05, 3.63) is 23.3 Å². The molecular weight excluding hydrogens is 210 g/mol. The Labute approximate surface area is 104 Å². The molecule has 1 fully saturated rings. The van der Waals surface area contributed by atoms with E-state index in [4.69, 9.17) is 0 Å². The zero-order chi connectivity index (χ0) is 12.1. The van der Waals surface area contributed by atoms with E-state index in [1.54, 1.807) is 0 Å². The van der Waals surface area contributed by atoms with Crippen molar-refractivity contribution < 1.29 is 0 Å². The van der Waals surface area contributed by atoms with Gasteiger partial charge in [0.05, 0.1) is 0 Å². The molecule has 0 aromatic carbocycles. The highest BCUT2D eigenvalue weighted by Crippen LogP contribution is 2.32. The standard InChI is InChI=1S/C14H23N3/c1-3-8-15-9-13-10-16-14(17-11(13)2)12-6-4-5-7-12/h10,12,15H,3-9H2,1-2H3. The molecule has 3 heteroatoms. The fraction of sp³-hybridized carbons (Fsp3) is 0.714. The van der Waals surface area contributed by atoms with Crippen LogP contribution in [0.5, 0.6) is 0 Å². The van der Waals surface area contributed by atoms with Gasteiger partial charge >= 0.3 is 0 Å². The van der Waals surface area contributed by atoms with Gasteiger partial charge in [0.25, 0.3) is 0 Å². The van der Waals surface area contributed by atoms with Crippen molar-refractivity contribution in [1.82, 2.24) is 15.3 Å². The van der Waals surface area contributed by atoms with Crippen molar-refractivity contribution in [3.8, 4) is 0 Å². The number of aryl methyl sites for hydroxylation is 1. The lowest BCUT2D eigenvalue weighted by Gasteiger charge is -2.11. The SMILES string of the molecule is CCCNCc1cnc(C2CCCC2)nc1C. The van der Waals surface area contributed by atoms with Crippen LogP contribution in [0.4, 0.5) is 0 Å². The van der Waals surface area contributed by atoms with E-state index < -0.39 is 0 Å². The Morgan fingerprint density at radius 3 is 2.76 bits per heavy atom. The largest absolute Gasteiger partial charge is 0.313 e. The molecule has 1 aromatic rings. The average molecular weight is 233 g/mol. The van der Waals surface area contributed by atoms with Gasteiger partial charge in [0.2, 0.25) is 0 Å². The minimum absolute atomic E-state index is 0.617. The first kappa shape index (κ1) is 12.5. The summed E-state index contributed by atoms with van der Waals surface area (Å²) in [6.07, 6.45) is 8.40. The van der Waals surface area contributed by atoms with Crippen LogP contribution < -0.4 is 5.32 Å². The topological polar surface area (TPSA) is 37.8 Å². The van der Waals surface area contributed by atoms with Gasteiger partial charge in [-0.15, -0.1) is 0 Å². The zero-order valence-electron chi connectivity index (χ0n) is 11.0. The molecule has 0 saturated heterocycles. The van der Waals surface area contributed by atoms with Crippen LogP contribution >= 0.6 is 0 Å². The van der Waals surface area contributed by atoms with Crippen molar-refractivity contribution in [2.75, 3.05) is 6.54 Å². The first-order valence-electron chi connectivity index (χ1n) is 6.84. The molecule has 0 amide bonds. The molecule has 17 heavy (non-hydrogen) atoms. The maximum absolute atomic E-state index is 4.68. The second-order valence-corrected chi connectivity index (χ2v) is 5.00. The Hall–Kier alpha value is -0.960. The van der Waals surface area contributed by atoms with Crippen LogP contribution in [0.3, 0.4) is 0 Å². The third-order valence-corrected chi connectivity index (χ3v) is 3.56. The van der Waals surface area contributed by atoms with Crippen molar-refractivity contribution in [2.24, 2.45) is 0 Å². The molecule has 1 saturated carbocycles. The third kappa shape index (κ3) is 3.25. The first-order valence-corrected chi connectivity index (χ1v) is 6.84. The van der Waals surface area contributed by atoms with Gasteiger partial charge in [-0.05, 0) is 32.7 Å². The summed E-state index contributed by atoms with van der Waals surface area (Å²) in [5.74, 6) is 1.69. The number of hydrogen-bond donors (Lipinski definition) is 1. The summed E-state index contributed by atoms with van der Waals surface area (Å²) in [4.78, 5) is 9.23. The molecule has 94 valence electrons. The maximum atomic E-state index is 4.68. The van der Waals surface area contributed by atoms with Crippen LogP contribution in [0.25, 0.3) is 0 Å². The lowest BCUT2D eigenvalue weighted by molar-refractivity contribution is 0.642. The smallest absolute Gasteiger partial charge is 0.131 e. The molecule has 0 spiro atoms. The highest BCUT2D eigenvalue weighted by molar-refractivity contribution is 5.17. The highest BCUT2D eigenvalue weighted by atomic mass is 14.9. The fourth-order valence-electron chi connectivity index (χ4n) is 2.46. The number of nitrogens with one attached hydrogen (secondary N) is 1. The summed E-state index contributed by atoms with van der Waals surface area (Å²) in [5, 5.41) is 3.40. The molecule has 1 aliphatic rings. The second kappa shape index (κ2) is 6.10. The maximum Gasteiger partial charge on any atom is 0.131 e. The minimum Gasteiger partial charge on any atom is -0.313 e. The van der Waals surface area contributed by atoms with Crippen LogP contribution in [0.2, 0.25) is 0 Å². The van der Waals surface area contributed by atoms with Crippen LogP contribution in [-0.2, 0) is 6.54 Å². The molecule has 0 aliphatic heterocycles. The van der Waals surface area contributed by atoms with Gasteiger partial charge in [0.1, 0.15) is 5.82 Å². The van der Waals surface area contributed by atoms with Gasteiger partial charge in [-0.1, -0.05) is 19.8 Å². The average Bonchev–Trinajstić information content (AvgIpc) is 2.85. The zero-order valence-corrected chi connectivity index (χ0v) is 11.0. The predicted octanol–water partition coefficient (Wildman–Crippen LogP) is 2.94. The van der Waals surface area contributed by atoms with Gasteiger partial charge in [-0.3, -0.25) is 0 Å². The van der Waals surface area contributed by atoms with Crippen LogP contribution in [0.15, 0.2) is 6.20 Å². The first-order chi connectivity index (χ1) is 8.31. The molecule has 1 heterocycles. The van der Waals surface area contributed by atoms with Gasteiger partial charge in [-0.2, -0.15) is 0 Å². The Morgan fingerprint density at radius 2 is 2.12 bits per heavy atom. The summed E-state index contributed by atoms with van der Waals surface area (Å²) < 4.78 is 0. The summed E-state index contributed by atoms with van der Waals surface area (Å²) >= 11 is 0. The van der Waals surface area contributed by atoms with Gasteiger partial charge < -0.3 is 5.32 Å². The van der Waals surface area contributed by atoms with Crippen LogP contribution in [0.1, 0.15) is 62.0 Å². The molecule has 1 aliphatic carbocycles. The summed E-state index contributed by atoms with van der Waals surface area (Å²) in [6.45, 7) is 6.23. The highest BCUT2D eigenvalue weighted by Gasteiger charge is 2.19. The fourth-order valence-corrected chi connectivity index (χ4v) is 2.46. The van der Waals surface area contributed by atoms with Crippen molar-refractivity contribution in [3.63, 3.8) is 0 Å². The van der Waals surface area contributed by atoms with Crippen LogP contribution in [0, 0.1) is 6.92 Å². The van der Waals surface area contributed by atoms with Crippen molar-refractivity contribution in [1.29, 1.82) is 0 Å². The van der Waals surface area contributed by atoms with E-state index >= 15 is 0 Å². The van der Waals surface area contributed by atoms with E-state index in [1.807, 2.05) is 6.20 Å². The Bertz CT molecular complexity index is 356. The molecule has 0 bridgehead atoms. The van der Waals surface area contributed by atoms with Crippen molar-refractivity contribution >= 4 is 0 Å². The number of hydrogen-bond acceptors (Lipinski definition) is 3. The van der Waals surface area contributed by atoms with E-state index in [-0.39, 0.29) is 0 Å². The molecule has 0 radical (unpaired) electrons. The number of nitrogens with zero attached hydrogens (tertiary/aromatic N) is 2. The molecule has 0 unspecified atom stereocenters. The van der Waals surface area contributed by atoms with Crippen LogP contribution in [-0.4, -0.2) is 16.5 Å². The lowest BCUT2D eigenvalue weighted by Crippen LogP contribution is -2.16. The van der Waals surface area contributed by atoms with E-state index in [1.165, 1.54) is 37.7 Å². The molecule has 0 atom stereocenters. The quantitative estimate of drug-likeness (QED) is 0.795. The molecule has 2 rings (SSSR count). The number of aromatic nitrogens is 2. The number of rotatable bonds is 5. The van der Waals surface area contributed by atoms with E-state index in [9.17, 15) is 0 Å². The molecule has 1 aromatic heterocycles. The summed E-state index contributed by atoms with van der Waals surface area (Å²) in [6, 6.07) is 0. The minimum atomic E-state index is 0.617. The van der Waals surface area contributed by atoms with Crippen molar-refractivity contribution in [2.45, 2.75) is 58.4 Å². The van der Waals surface area contributed by atoms with Gasteiger partial charge in [-0.25, -0.2) is 9.97 Å². The predicted molar refractivity (Wildman–Crippen MR) is 70.0 cm³/mol. The molecule has 3 nitrogen and oxygen atoms in total. The Kier molecular flexibility index (Phi) is 4.49. The Balaban J connectivity index is 2.00. The molecule has 1 N–H and O–H groups in total.